The number of fused-ring (bicyclic) bond motifs is 1. The second-order valence-electron chi connectivity index (χ2n) is 6.31. The summed E-state index contributed by atoms with van der Waals surface area (Å²) in [5.74, 6) is -0.513. The minimum Gasteiger partial charge on any atom is -0.347 e. The number of carbonyl (C=O) groups is 1. The van der Waals surface area contributed by atoms with E-state index < -0.39 is 5.91 Å². The largest absolute Gasteiger partial charge is 0.347 e. The molecule has 2 heterocycles. The summed E-state index contributed by atoms with van der Waals surface area (Å²) in [7, 11) is 0. The van der Waals surface area contributed by atoms with Gasteiger partial charge in [0.25, 0.3) is 11.5 Å². The maximum Gasteiger partial charge on any atom is 0.276 e. The van der Waals surface area contributed by atoms with Gasteiger partial charge in [0.1, 0.15) is 5.56 Å². The summed E-state index contributed by atoms with van der Waals surface area (Å²) < 4.78 is 3.64. The molecule has 26 heavy (non-hydrogen) atoms. The van der Waals surface area contributed by atoms with Crippen molar-refractivity contribution in [3.05, 3.63) is 70.3 Å². The van der Waals surface area contributed by atoms with E-state index in [9.17, 15) is 9.59 Å². The number of nitrogens with one attached hydrogen (secondary N) is 1. The highest BCUT2D eigenvalue weighted by Gasteiger charge is 2.12. The second-order valence-corrected chi connectivity index (χ2v) is 6.31. The number of aromatic nitrogens is 2. The van der Waals surface area contributed by atoms with Crippen molar-refractivity contribution in [2.24, 2.45) is 5.10 Å². The van der Waals surface area contributed by atoms with Crippen LogP contribution in [0.1, 0.15) is 42.7 Å². The van der Waals surface area contributed by atoms with Crippen molar-refractivity contribution in [1.29, 1.82) is 0 Å². The number of hydrogen-bond donors (Lipinski definition) is 1. The van der Waals surface area contributed by atoms with E-state index >= 15 is 0 Å². The molecule has 0 unspecified atom stereocenters. The van der Waals surface area contributed by atoms with E-state index in [1.54, 1.807) is 18.5 Å². The van der Waals surface area contributed by atoms with Gasteiger partial charge in [0.2, 0.25) is 0 Å². The maximum absolute atomic E-state index is 12.3. The number of hydrogen-bond acceptors (Lipinski definition) is 3. The lowest BCUT2D eigenvalue weighted by atomic mass is 10.2. The predicted molar refractivity (Wildman–Crippen MR) is 104 cm³/mol. The normalized spacial score (nSPS) is 11.5. The van der Waals surface area contributed by atoms with E-state index in [-0.39, 0.29) is 17.2 Å². The Morgan fingerprint density at radius 1 is 1.23 bits per heavy atom. The molecule has 134 valence electrons. The van der Waals surface area contributed by atoms with Gasteiger partial charge in [-0.3, -0.25) is 9.59 Å². The summed E-state index contributed by atoms with van der Waals surface area (Å²) in [6.07, 6.45) is 5.28. The van der Waals surface area contributed by atoms with E-state index in [4.69, 9.17) is 0 Å². The van der Waals surface area contributed by atoms with Gasteiger partial charge in [-0.1, -0.05) is 18.2 Å². The lowest BCUT2D eigenvalue weighted by Crippen LogP contribution is -2.31. The van der Waals surface area contributed by atoms with Crippen molar-refractivity contribution in [2.45, 2.75) is 33.4 Å². The fourth-order valence-corrected chi connectivity index (χ4v) is 2.95. The highest BCUT2D eigenvalue weighted by Crippen LogP contribution is 2.19. The van der Waals surface area contributed by atoms with E-state index in [1.807, 2.05) is 44.3 Å². The molecule has 0 bridgehead atoms. The topological polar surface area (TPSA) is 68.4 Å². The van der Waals surface area contributed by atoms with Crippen LogP contribution in [0.5, 0.6) is 0 Å². The molecule has 0 spiro atoms. The molecule has 1 aromatic carbocycles. The molecule has 6 nitrogen and oxygen atoms in total. The Hall–Kier alpha value is -3.15. The number of para-hydroxylation sites is 1. The van der Waals surface area contributed by atoms with Crippen LogP contribution < -0.4 is 11.0 Å². The summed E-state index contributed by atoms with van der Waals surface area (Å²) in [5.41, 5.74) is 4.24. The summed E-state index contributed by atoms with van der Waals surface area (Å²) in [6.45, 7) is 6.71. The number of pyridine rings is 1. The Morgan fingerprint density at radius 2 is 2.00 bits per heavy atom. The van der Waals surface area contributed by atoms with E-state index in [0.29, 0.717) is 0 Å². The van der Waals surface area contributed by atoms with Crippen LogP contribution >= 0.6 is 0 Å². The molecule has 1 amide bonds. The molecule has 0 aliphatic carbocycles. The average molecular weight is 350 g/mol. The van der Waals surface area contributed by atoms with Crippen molar-refractivity contribution in [1.82, 2.24) is 14.6 Å². The summed E-state index contributed by atoms with van der Waals surface area (Å²) in [4.78, 5) is 24.7. The molecular weight excluding hydrogens is 328 g/mol. The Labute approximate surface area is 151 Å². The molecule has 6 heteroatoms. The van der Waals surface area contributed by atoms with Gasteiger partial charge in [-0.15, -0.1) is 0 Å². The zero-order valence-electron chi connectivity index (χ0n) is 15.1. The minimum absolute atomic E-state index is 0.0149. The Balaban J connectivity index is 1.83. The van der Waals surface area contributed by atoms with Crippen LogP contribution in [0, 0.1) is 0 Å². The molecule has 2 aromatic heterocycles. The summed E-state index contributed by atoms with van der Waals surface area (Å²) in [5, 5.41) is 5.11. The number of benzene rings is 1. The summed E-state index contributed by atoms with van der Waals surface area (Å²) >= 11 is 0. The van der Waals surface area contributed by atoms with Crippen LogP contribution in [0.2, 0.25) is 0 Å². The summed E-state index contributed by atoms with van der Waals surface area (Å²) in [6, 6.07) is 11.2. The first-order valence-electron chi connectivity index (χ1n) is 8.65. The van der Waals surface area contributed by atoms with Gasteiger partial charge in [0.15, 0.2) is 0 Å². The molecule has 0 radical (unpaired) electrons. The predicted octanol–water partition coefficient (Wildman–Crippen LogP) is 3.17. The lowest BCUT2D eigenvalue weighted by Gasteiger charge is -2.10. The number of hydrazone groups is 1. The Bertz CT molecular complexity index is 1030. The van der Waals surface area contributed by atoms with Crippen molar-refractivity contribution >= 4 is 23.0 Å². The van der Waals surface area contributed by atoms with Gasteiger partial charge in [-0.25, -0.2) is 5.43 Å². The Morgan fingerprint density at radius 3 is 2.73 bits per heavy atom. The zero-order valence-corrected chi connectivity index (χ0v) is 15.1. The molecule has 0 saturated heterocycles. The maximum atomic E-state index is 12.3. The molecule has 0 atom stereocenters. The third-order valence-corrected chi connectivity index (χ3v) is 4.31. The van der Waals surface area contributed by atoms with Crippen molar-refractivity contribution in [2.75, 3.05) is 0 Å². The SMILES string of the molecule is CCn1cc(/C=N\NC(=O)c2cccn(C(C)C)c2=O)c2ccccc21. The molecule has 3 aromatic rings. The van der Waals surface area contributed by atoms with Crippen LogP contribution in [0.25, 0.3) is 10.9 Å². The first-order valence-corrected chi connectivity index (χ1v) is 8.65. The van der Waals surface area contributed by atoms with Gasteiger partial charge in [0, 0.05) is 41.4 Å². The van der Waals surface area contributed by atoms with Crippen LogP contribution in [0.4, 0.5) is 0 Å². The first-order chi connectivity index (χ1) is 12.5. The number of rotatable bonds is 5. The number of carbonyl (C=O) groups excluding carboxylic acids is 1. The van der Waals surface area contributed by atoms with Crippen LogP contribution in [-0.2, 0) is 6.54 Å². The van der Waals surface area contributed by atoms with Crippen molar-refractivity contribution in [3.63, 3.8) is 0 Å². The second kappa shape index (κ2) is 7.39. The number of amides is 1. The molecule has 1 N–H and O–H groups in total. The fraction of sp³-hybridized carbons (Fsp3) is 0.250. The van der Waals surface area contributed by atoms with Gasteiger partial charge < -0.3 is 9.13 Å². The molecular formula is C20H22N4O2. The number of nitrogens with zero attached hydrogens (tertiary/aromatic N) is 3. The molecule has 0 aliphatic heterocycles. The standard InChI is InChI=1S/C20H22N4O2/c1-4-23-13-15(16-8-5-6-10-18(16)23)12-21-22-19(25)17-9-7-11-24(14(2)3)20(17)26/h5-14H,4H2,1-3H3,(H,22,25)/b21-12-. The molecule has 0 aliphatic rings. The monoisotopic (exact) mass is 350 g/mol. The molecule has 0 fully saturated rings. The van der Waals surface area contributed by atoms with Gasteiger partial charge in [-0.2, -0.15) is 5.10 Å². The van der Waals surface area contributed by atoms with E-state index in [2.05, 4.69) is 22.0 Å². The average Bonchev–Trinajstić information content (AvgIpc) is 2.99. The van der Waals surface area contributed by atoms with Crippen molar-refractivity contribution in [3.8, 4) is 0 Å². The highest BCUT2D eigenvalue weighted by molar-refractivity contribution is 6.00. The van der Waals surface area contributed by atoms with E-state index in [1.165, 1.54) is 10.6 Å². The molecule has 3 rings (SSSR count). The number of aryl methyl sites for hydroxylation is 1. The highest BCUT2D eigenvalue weighted by atomic mass is 16.2. The third-order valence-electron chi connectivity index (χ3n) is 4.31. The third kappa shape index (κ3) is 3.31. The lowest BCUT2D eigenvalue weighted by molar-refractivity contribution is 0.0953. The Kier molecular flexibility index (Phi) is 5.02. The van der Waals surface area contributed by atoms with E-state index in [0.717, 1.165) is 23.0 Å². The van der Waals surface area contributed by atoms with Gasteiger partial charge in [-0.05, 0) is 39.0 Å². The van der Waals surface area contributed by atoms with Crippen molar-refractivity contribution < 1.29 is 4.79 Å². The minimum atomic E-state index is -0.513. The van der Waals surface area contributed by atoms with Gasteiger partial charge >= 0.3 is 0 Å². The quantitative estimate of drug-likeness (QED) is 0.567. The first kappa shape index (κ1) is 17.7. The zero-order chi connectivity index (χ0) is 18.7. The van der Waals surface area contributed by atoms with Gasteiger partial charge in [0.05, 0.1) is 6.21 Å². The van der Waals surface area contributed by atoms with Crippen LogP contribution in [-0.4, -0.2) is 21.3 Å². The fourth-order valence-electron chi connectivity index (χ4n) is 2.95. The molecule has 0 saturated carbocycles. The van der Waals surface area contributed by atoms with Crippen LogP contribution in [0.3, 0.4) is 0 Å². The smallest absolute Gasteiger partial charge is 0.276 e. The van der Waals surface area contributed by atoms with Crippen LogP contribution in [0.15, 0.2) is 58.7 Å².